The zero-order valence-corrected chi connectivity index (χ0v) is 9.43. The molecule has 16 heavy (non-hydrogen) atoms. The van der Waals surface area contributed by atoms with Crippen molar-refractivity contribution in [1.29, 1.82) is 0 Å². The van der Waals surface area contributed by atoms with E-state index in [0.29, 0.717) is 12.0 Å². The molecule has 0 fully saturated rings. The normalized spacial score (nSPS) is 14.7. The Morgan fingerprint density at radius 1 is 1.31 bits per heavy atom. The average molecular weight is 225 g/mol. The number of unbranched alkanes of at least 4 members (excludes halogenated alkanes) is 1. The van der Waals surface area contributed by atoms with Crippen LogP contribution in [0.1, 0.15) is 37.8 Å². The number of hydrogen-bond acceptors (Lipinski definition) is 4. The molecule has 4 heteroatoms. The lowest BCUT2D eigenvalue weighted by atomic mass is 9.97. The highest BCUT2D eigenvalue weighted by Gasteiger charge is 2.19. The van der Waals surface area contributed by atoms with Crippen molar-refractivity contribution in [3.05, 3.63) is 23.8 Å². The summed E-state index contributed by atoms with van der Waals surface area (Å²) in [5.74, 6) is 0.0341. The maximum Gasteiger partial charge on any atom is 0.120 e. The Morgan fingerprint density at radius 3 is 2.62 bits per heavy atom. The summed E-state index contributed by atoms with van der Waals surface area (Å²) in [5.41, 5.74) is 6.21. The van der Waals surface area contributed by atoms with Crippen LogP contribution in [-0.2, 0) is 0 Å². The molecule has 5 N–H and O–H groups in total. The highest BCUT2D eigenvalue weighted by Crippen LogP contribution is 2.29. The number of aliphatic hydroxyl groups excluding tert-OH is 1. The van der Waals surface area contributed by atoms with Gasteiger partial charge in [0.25, 0.3) is 0 Å². The van der Waals surface area contributed by atoms with Crippen molar-refractivity contribution in [2.24, 2.45) is 5.73 Å². The fourth-order valence-corrected chi connectivity index (χ4v) is 1.61. The van der Waals surface area contributed by atoms with Gasteiger partial charge in [-0.1, -0.05) is 19.8 Å². The molecule has 0 aliphatic heterocycles. The minimum absolute atomic E-state index is 0.000786. The molecule has 1 aromatic rings. The predicted molar refractivity (Wildman–Crippen MR) is 62.2 cm³/mol. The molecular weight excluding hydrogens is 206 g/mol. The first-order valence-corrected chi connectivity index (χ1v) is 5.51. The maximum atomic E-state index is 9.80. The molecule has 0 saturated heterocycles. The van der Waals surface area contributed by atoms with E-state index in [2.05, 4.69) is 0 Å². The molecule has 2 atom stereocenters. The van der Waals surface area contributed by atoms with Crippen LogP contribution in [-0.4, -0.2) is 21.4 Å². The zero-order chi connectivity index (χ0) is 12.1. The van der Waals surface area contributed by atoms with Crippen molar-refractivity contribution in [2.75, 3.05) is 0 Å². The molecule has 0 bridgehead atoms. The predicted octanol–water partition coefficient (Wildman–Crippen LogP) is 1.65. The maximum absolute atomic E-state index is 9.80. The van der Waals surface area contributed by atoms with Gasteiger partial charge >= 0.3 is 0 Å². The molecule has 1 aromatic carbocycles. The van der Waals surface area contributed by atoms with E-state index in [1.165, 1.54) is 18.2 Å². The van der Waals surface area contributed by atoms with Gasteiger partial charge in [-0.05, 0) is 24.6 Å². The molecule has 0 unspecified atom stereocenters. The van der Waals surface area contributed by atoms with Gasteiger partial charge in [-0.3, -0.25) is 0 Å². The summed E-state index contributed by atoms with van der Waals surface area (Å²) in [4.78, 5) is 0. The van der Waals surface area contributed by atoms with E-state index in [-0.39, 0.29) is 11.5 Å². The summed E-state index contributed by atoms with van der Waals surface area (Å²) in [6.45, 7) is 2.03. The first-order chi connectivity index (χ1) is 7.56. The highest BCUT2D eigenvalue weighted by molar-refractivity contribution is 5.40. The van der Waals surface area contributed by atoms with Gasteiger partial charge in [-0.25, -0.2) is 0 Å². The number of rotatable bonds is 5. The van der Waals surface area contributed by atoms with Gasteiger partial charge in [-0.15, -0.1) is 0 Å². The first kappa shape index (κ1) is 12.8. The van der Waals surface area contributed by atoms with Crippen LogP contribution in [0.3, 0.4) is 0 Å². The number of nitrogens with two attached hydrogens (primary N) is 1. The van der Waals surface area contributed by atoms with Gasteiger partial charge in [0.1, 0.15) is 11.5 Å². The van der Waals surface area contributed by atoms with Crippen molar-refractivity contribution < 1.29 is 15.3 Å². The molecule has 4 nitrogen and oxygen atoms in total. The average Bonchev–Trinajstić information content (AvgIpc) is 2.28. The molecule has 0 heterocycles. The number of aromatic hydroxyl groups is 2. The lowest BCUT2D eigenvalue weighted by Gasteiger charge is -2.20. The minimum atomic E-state index is -0.701. The fraction of sp³-hybridized carbons (Fsp3) is 0.500. The summed E-state index contributed by atoms with van der Waals surface area (Å²) in [7, 11) is 0. The lowest BCUT2D eigenvalue weighted by Crippen LogP contribution is -2.26. The summed E-state index contributed by atoms with van der Waals surface area (Å²) in [5, 5.41) is 28.7. The van der Waals surface area contributed by atoms with E-state index in [4.69, 9.17) is 5.73 Å². The molecule has 0 radical (unpaired) electrons. The summed E-state index contributed by atoms with van der Waals surface area (Å²) in [6, 6.07) is 3.47. The van der Waals surface area contributed by atoms with Crippen LogP contribution in [0.5, 0.6) is 11.5 Å². The van der Waals surface area contributed by atoms with E-state index in [0.717, 1.165) is 12.8 Å². The van der Waals surface area contributed by atoms with Crippen molar-refractivity contribution in [2.45, 2.75) is 38.3 Å². The minimum Gasteiger partial charge on any atom is -0.508 e. The number of benzene rings is 1. The van der Waals surface area contributed by atoms with Crippen LogP contribution in [0, 0.1) is 0 Å². The molecule has 0 aromatic heterocycles. The number of phenolic OH excluding ortho intramolecular Hbond substituents is 2. The van der Waals surface area contributed by atoms with Crippen LogP contribution in [0.25, 0.3) is 0 Å². The topological polar surface area (TPSA) is 86.7 Å². The smallest absolute Gasteiger partial charge is 0.120 e. The Bertz CT molecular complexity index is 341. The van der Waals surface area contributed by atoms with Crippen LogP contribution in [0.4, 0.5) is 0 Å². The van der Waals surface area contributed by atoms with E-state index < -0.39 is 12.1 Å². The molecule has 90 valence electrons. The van der Waals surface area contributed by atoms with Gasteiger partial charge in [0, 0.05) is 5.56 Å². The Labute approximate surface area is 95.3 Å². The third kappa shape index (κ3) is 3.12. The zero-order valence-electron chi connectivity index (χ0n) is 9.43. The van der Waals surface area contributed by atoms with Crippen LogP contribution in [0.2, 0.25) is 0 Å². The monoisotopic (exact) mass is 225 g/mol. The third-order valence-electron chi connectivity index (χ3n) is 2.64. The lowest BCUT2D eigenvalue weighted by molar-refractivity contribution is 0.131. The SMILES string of the molecule is CCCC[C@@H](O)[C@@H](N)c1cc(O)ccc1O. The fourth-order valence-electron chi connectivity index (χ4n) is 1.61. The van der Waals surface area contributed by atoms with E-state index >= 15 is 0 Å². The Hall–Kier alpha value is -1.26. The molecule has 0 aliphatic rings. The van der Waals surface area contributed by atoms with Gasteiger partial charge in [0.2, 0.25) is 0 Å². The standard InChI is InChI=1S/C12H19NO3/c1-2-3-4-11(16)12(13)9-7-8(14)5-6-10(9)15/h5-7,11-12,14-16H,2-4,13H2,1H3/t11-,12+/m1/s1. The Morgan fingerprint density at radius 2 is 2.00 bits per heavy atom. The van der Waals surface area contributed by atoms with Gasteiger partial charge in [-0.2, -0.15) is 0 Å². The van der Waals surface area contributed by atoms with Crippen molar-refractivity contribution in [3.63, 3.8) is 0 Å². The Kier molecular flexibility index (Phi) is 4.58. The summed E-state index contributed by atoms with van der Waals surface area (Å²) >= 11 is 0. The van der Waals surface area contributed by atoms with Crippen LogP contribution in [0.15, 0.2) is 18.2 Å². The summed E-state index contributed by atoms with van der Waals surface area (Å²) < 4.78 is 0. The number of hydrogen-bond donors (Lipinski definition) is 4. The number of aliphatic hydroxyl groups is 1. The second-order valence-electron chi connectivity index (χ2n) is 3.98. The van der Waals surface area contributed by atoms with Crippen molar-refractivity contribution >= 4 is 0 Å². The first-order valence-electron chi connectivity index (χ1n) is 5.51. The van der Waals surface area contributed by atoms with Crippen LogP contribution < -0.4 is 5.73 Å². The number of phenols is 2. The molecule has 0 amide bonds. The second-order valence-corrected chi connectivity index (χ2v) is 3.98. The molecule has 1 rings (SSSR count). The van der Waals surface area contributed by atoms with Gasteiger partial charge in [0.15, 0.2) is 0 Å². The van der Waals surface area contributed by atoms with Crippen LogP contribution >= 0.6 is 0 Å². The van der Waals surface area contributed by atoms with Crippen molar-refractivity contribution in [3.8, 4) is 11.5 Å². The highest BCUT2D eigenvalue weighted by atomic mass is 16.3. The largest absolute Gasteiger partial charge is 0.508 e. The van der Waals surface area contributed by atoms with E-state index in [1.807, 2.05) is 6.92 Å². The van der Waals surface area contributed by atoms with Gasteiger partial charge in [0.05, 0.1) is 12.1 Å². The second kappa shape index (κ2) is 5.72. The molecule has 0 aliphatic carbocycles. The van der Waals surface area contributed by atoms with Gasteiger partial charge < -0.3 is 21.1 Å². The quantitative estimate of drug-likeness (QED) is 0.574. The van der Waals surface area contributed by atoms with Crippen molar-refractivity contribution in [1.82, 2.24) is 0 Å². The Balaban J connectivity index is 2.78. The molecule has 0 saturated carbocycles. The van der Waals surface area contributed by atoms with E-state index in [9.17, 15) is 15.3 Å². The van der Waals surface area contributed by atoms with E-state index in [1.54, 1.807) is 0 Å². The third-order valence-corrected chi connectivity index (χ3v) is 2.64. The summed E-state index contributed by atoms with van der Waals surface area (Å²) in [6.07, 6.45) is 1.75. The molecular formula is C12H19NO3. The molecule has 0 spiro atoms.